The zero-order valence-corrected chi connectivity index (χ0v) is 19.7. The van der Waals surface area contributed by atoms with Crippen LogP contribution >= 0.6 is 0 Å². The van der Waals surface area contributed by atoms with Crippen molar-refractivity contribution in [2.24, 2.45) is 0 Å². The van der Waals surface area contributed by atoms with Gasteiger partial charge < -0.3 is 4.74 Å². The second kappa shape index (κ2) is 13.3. The highest BCUT2D eigenvalue weighted by Crippen LogP contribution is 2.17. The van der Waals surface area contributed by atoms with Gasteiger partial charge in [-0.1, -0.05) is 118 Å². The summed E-state index contributed by atoms with van der Waals surface area (Å²) >= 11 is 0. The lowest BCUT2D eigenvalue weighted by molar-refractivity contribution is -0.128. The Morgan fingerprint density at radius 2 is 1.35 bits per heavy atom. The average Bonchev–Trinajstić information content (AvgIpc) is 2.62. The average molecular weight is 393 g/mol. The standard InChI is InChI=1S/C22H40O2Si2/c1-25(2)21-14-16-22(17-15-21)26(3,4)19-13-11-9-7-5-6-8-10-12-18-24-20-23/h14-17,20,25H,5-13,18-19H2,1-4H3. The number of hydrogen-bond donors (Lipinski definition) is 0. The minimum absolute atomic E-state index is 0.548. The van der Waals surface area contributed by atoms with Gasteiger partial charge in [0, 0.05) is 0 Å². The SMILES string of the molecule is C[SiH](C)c1ccc([Si](C)(C)CCCCCCCCCCCOC=O)cc1. The van der Waals surface area contributed by atoms with Gasteiger partial charge in [0.05, 0.1) is 23.5 Å². The summed E-state index contributed by atoms with van der Waals surface area (Å²) < 4.78 is 4.71. The predicted molar refractivity (Wildman–Crippen MR) is 120 cm³/mol. The van der Waals surface area contributed by atoms with E-state index in [1.165, 1.54) is 57.4 Å². The van der Waals surface area contributed by atoms with Crippen LogP contribution in [-0.2, 0) is 9.53 Å². The molecule has 1 rings (SSSR count). The van der Waals surface area contributed by atoms with Gasteiger partial charge in [-0.2, -0.15) is 0 Å². The molecule has 0 aliphatic rings. The minimum Gasteiger partial charge on any atom is -0.468 e. The summed E-state index contributed by atoms with van der Waals surface area (Å²) in [6, 6.07) is 11.1. The molecule has 0 aliphatic heterocycles. The summed E-state index contributed by atoms with van der Waals surface area (Å²) in [5, 5.41) is 3.23. The monoisotopic (exact) mass is 392 g/mol. The maximum atomic E-state index is 10.0. The molecule has 0 N–H and O–H groups in total. The zero-order valence-electron chi connectivity index (χ0n) is 17.6. The first-order chi connectivity index (χ1) is 12.5. The molecule has 2 nitrogen and oxygen atoms in total. The molecule has 0 bridgehead atoms. The predicted octanol–water partition coefficient (Wildman–Crippen LogP) is 4.98. The summed E-state index contributed by atoms with van der Waals surface area (Å²) in [5.74, 6) is 0. The van der Waals surface area contributed by atoms with E-state index in [-0.39, 0.29) is 0 Å². The van der Waals surface area contributed by atoms with E-state index in [0.717, 1.165) is 6.42 Å². The number of carbonyl (C=O) groups is 1. The van der Waals surface area contributed by atoms with E-state index in [0.29, 0.717) is 13.1 Å². The Labute approximate surface area is 164 Å². The van der Waals surface area contributed by atoms with Gasteiger partial charge in [0.15, 0.2) is 0 Å². The molecular formula is C22H40O2Si2. The third-order valence-electron chi connectivity index (χ3n) is 5.49. The van der Waals surface area contributed by atoms with E-state index in [1.807, 2.05) is 0 Å². The van der Waals surface area contributed by atoms with Gasteiger partial charge in [0.2, 0.25) is 0 Å². The van der Waals surface area contributed by atoms with Gasteiger partial charge in [0.25, 0.3) is 6.47 Å². The van der Waals surface area contributed by atoms with Crippen LogP contribution < -0.4 is 10.4 Å². The Balaban J connectivity index is 2.08. The molecular weight excluding hydrogens is 352 g/mol. The molecule has 0 fully saturated rings. The Morgan fingerprint density at radius 3 is 1.85 bits per heavy atom. The fourth-order valence-electron chi connectivity index (χ4n) is 3.50. The van der Waals surface area contributed by atoms with Crippen molar-refractivity contribution < 1.29 is 9.53 Å². The molecule has 0 spiro atoms. The highest BCUT2D eigenvalue weighted by molar-refractivity contribution is 6.89. The lowest BCUT2D eigenvalue weighted by Crippen LogP contribution is -2.42. The second-order valence-corrected chi connectivity index (χ2v) is 16.4. The van der Waals surface area contributed by atoms with Gasteiger partial charge >= 0.3 is 0 Å². The lowest BCUT2D eigenvalue weighted by atomic mass is 10.1. The van der Waals surface area contributed by atoms with Gasteiger partial charge in [-0.05, 0) is 6.42 Å². The smallest absolute Gasteiger partial charge is 0.293 e. The summed E-state index contributed by atoms with van der Waals surface area (Å²) in [6.07, 6.45) is 11.7. The molecule has 0 amide bonds. The van der Waals surface area contributed by atoms with Crippen molar-refractivity contribution in [1.29, 1.82) is 0 Å². The summed E-state index contributed by atoms with van der Waals surface area (Å²) in [6.45, 7) is 11.0. The van der Waals surface area contributed by atoms with Crippen LogP contribution in [0.25, 0.3) is 0 Å². The fraction of sp³-hybridized carbons (Fsp3) is 0.682. The number of benzene rings is 1. The molecule has 4 heteroatoms. The van der Waals surface area contributed by atoms with E-state index >= 15 is 0 Å². The van der Waals surface area contributed by atoms with E-state index in [9.17, 15) is 4.79 Å². The first-order valence-corrected chi connectivity index (χ1v) is 16.7. The maximum Gasteiger partial charge on any atom is 0.293 e. The van der Waals surface area contributed by atoms with Crippen molar-refractivity contribution in [3.8, 4) is 0 Å². The second-order valence-electron chi connectivity index (χ2n) is 8.56. The molecule has 0 heterocycles. The molecule has 1 aromatic carbocycles. The minimum atomic E-state index is -1.26. The molecule has 1 aromatic rings. The molecule has 0 aliphatic carbocycles. The van der Waals surface area contributed by atoms with Crippen LogP contribution in [0.5, 0.6) is 0 Å². The Bertz CT molecular complexity index is 483. The topological polar surface area (TPSA) is 26.3 Å². The number of ether oxygens (including phenoxy) is 1. The van der Waals surface area contributed by atoms with E-state index in [2.05, 4.69) is 50.5 Å². The van der Waals surface area contributed by atoms with Crippen LogP contribution in [-0.4, -0.2) is 29.9 Å². The fourth-order valence-corrected chi connectivity index (χ4v) is 6.96. The van der Waals surface area contributed by atoms with E-state index in [4.69, 9.17) is 4.74 Å². The van der Waals surface area contributed by atoms with E-state index < -0.39 is 16.9 Å². The molecule has 0 radical (unpaired) electrons. The van der Waals surface area contributed by atoms with Crippen LogP contribution in [0.3, 0.4) is 0 Å². The largest absolute Gasteiger partial charge is 0.468 e. The maximum absolute atomic E-state index is 10.0. The molecule has 0 saturated carbocycles. The molecule has 148 valence electrons. The Kier molecular flexibility index (Phi) is 11.9. The molecule has 0 atom stereocenters. The lowest BCUT2D eigenvalue weighted by Gasteiger charge is -2.23. The molecule has 0 aromatic heterocycles. The van der Waals surface area contributed by atoms with Crippen molar-refractivity contribution in [3.63, 3.8) is 0 Å². The van der Waals surface area contributed by atoms with Gasteiger partial charge in [-0.15, -0.1) is 0 Å². The first kappa shape index (κ1) is 23.2. The summed E-state index contributed by atoms with van der Waals surface area (Å²) in [5.41, 5.74) is 0. The third kappa shape index (κ3) is 9.72. The zero-order chi connectivity index (χ0) is 19.3. The number of unbranched alkanes of at least 4 members (excludes halogenated alkanes) is 8. The highest BCUT2D eigenvalue weighted by Gasteiger charge is 2.22. The van der Waals surface area contributed by atoms with Crippen LogP contribution in [0.4, 0.5) is 0 Å². The van der Waals surface area contributed by atoms with Crippen molar-refractivity contribution in [2.75, 3.05) is 6.61 Å². The number of rotatable bonds is 15. The molecule has 26 heavy (non-hydrogen) atoms. The number of carbonyl (C=O) groups excluding carboxylic acids is 1. The quantitative estimate of drug-likeness (QED) is 0.239. The molecule has 0 saturated heterocycles. The van der Waals surface area contributed by atoms with Crippen molar-refractivity contribution >= 4 is 33.7 Å². The van der Waals surface area contributed by atoms with Crippen molar-refractivity contribution in [1.82, 2.24) is 0 Å². The summed E-state index contributed by atoms with van der Waals surface area (Å²) in [7, 11) is -1.92. The number of hydrogen-bond acceptors (Lipinski definition) is 2. The molecule has 0 unspecified atom stereocenters. The van der Waals surface area contributed by atoms with Crippen molar-refractivity contribution in [2.45, 2.75) is 90.0 Å². The van der Waals surface area contributed by atoms with E-state index in [1.54, 1.807) is 10.4 Å². The van der Waals surface area contributed by atoms with Crippen molar-refractivity contribution in [3.05, 3.63) is 24.3 Å². The van der Waals surface area contributed by atoms with Gasteiger partial charge in [0.1, 0.15) is 0 Å². The van der Waals surface area contributed by atoms with Crippen LogP contribution in [0.2, 0.25) is 32.2 Å². The van der Waals surface area contributed by atoms with Crippen LogP contribution in [0, 0.1) is 0 Å². The summed E-state index contributed by atoms with van der Waals surface area (Å²) in [4.78, 5) is 10.0. The highest BCUT2D eigenvalue weighted by atomic mass is 28.3. The third-order valence-corrected chi connectivity index (χ3v) is 10.7. The normalized spacial score (nSPS) is 11.7. The van der Waals surface area contributed by atoms with Gasteiger partial charge in [-0.3, -0.25) is 4.79 Å². The Hall–Kier alpha value is -0.876. The Morgan fingerprint density at radius 1 is 0.846 bits per heavy atom. The van der Waals surface area contributed by atoms with Crippen LogP contribution in [0.1, 0.15) is 57.8 Å². The van der Waals surface area contributed by atoms with Crippen LogP contribution in [0.15, 0.2) is 24.3 Å². The van der Waals surface area contributed by atoms with Gasteiger partial charge in [-0.25, -0.2) is 0 Å². The first-order valence-electron chi connectivity index (χ1n) is 10.6.